The van der Waals surface area contributed by atoms with E-state index >= 15 is 0 Å². The molecule has 4 nitrogen and oxygen atoms in total. The van der Waals surface area contributed by atoms with Gasteiger partial charge >= 0.3 is 29.6 Å². The molecular weight excluding hydrogens is 141 g/mol. The van der Waals surface area contributed by atoms with E-state index in [4.69, 9.17) is 0 Å². The van der Waals surface area contributed by atoms with E-state index in [-0.39, 0.29) is 29.6 Å². The Balaban J connectivity index is 0.000000810. The van der Waals surface area contributed by atoms with Gasteiger partial charge in [0.1, 0.15) is 0 Å². The average molecular weight is 146 g/mol. The van der Waals surface area contributed by atoms with E-state index < -0.39 is 0 Å². The summed E-state index contributed by atoms with van der Waals surface area (Å²) in [6, 6.07) is 3.31. The van der Waals surface area contributed by atoms with Crippen molar-refractivity contribution in [1.29, 1.82) is 0 Å². The Labute approximate surface area is 80.3 Å². The fraction of sp³-hybridized carbons (Fsp3) is 0. The first-order valence-corrected chi connectivity index (χ1v) is 2.42. The molecule has 0 amide bonds. The zero-order valence-corrected chi connectivity index (χ0v) is 7.61. The van der Waals surface area contributed by atoms with Crippen LogP contribution in [0.1, 0.15) is 0 Å². The second kappa shape index (κ2) is 5.34. The number of aromatic nitrogens is 1. The minimum Gasteiger partial charge on any atom is -0.265 e. The third-order valence-electron chi connectivity index (χ3n) is 0.855. The van der Waals surface area contributed by atoms with E-state index in [0.717, 1.165) is 0 Å². The number of hydrogen-bond donors (Lipinski definition) is 1. The predicted octanol–water partition coefficient (Wildman–Crippen LogP) is -1.82. The van der Waals surface area contributed by atoms with Gasteiger partial charge in [-0.1, -0.05) is 0 Å². The van der Waals surface area contributed by atoms with Crippen molar-refractivity contribution < 1.29 is 29.6 Å². The van der Waals surface area contributed by atoms with Gasteiger partial charge in [0.2, 0.25) is 0 Å². The van der Waals surface area contributed by atoms with Gasteiger partial charge in [-0.15, -0.1) is 4.91 Å². The third-order valence-corrected chi connectivity index (χ3v) is 0.855. The first-order valence-electron chi connectivity index (χ1n) is 2.42. The molecule has 0 aliphatic carbocycles. The van der Waals surface area contributed by atoms with Gasteiger partial charge in [0.25, 0.3) is 0 Å². The van der Waals surface area contributed by atoms with Crippen molar-refractivity contribution in [3.63, 3.8) is 0 Å². The molecule has 10 heavy (non-hydrogen) atoms. The summed E-state index contributed by atoms with van der Waals surface area (Å²) in [4.78, 5) is 13.3. The number of rotatable bonds is 2. The van der Waals surface area contributed by atoms with Crippen LogP contribution in [-0.2, 0) is 0 Å². The molecular formula is C5H5N3NaO+. The van der Waals surface area contributed by atoms with Crippen LogP contribution in [-0.4, -0.2) is 4.98 Å². The van der Waals surface area contributed by atoms with Crippen LogP contribution in [0.4, 0.5) is 5.69 Å². The molecule has 1 aromatic heterocycles. The van der Waals surface area contributed by atoms with Gasteiger partial charge in [-0.3, -0.25) is 4.98 Å². The second-order valence-electron chi connectivity index (χ2n) is 1.44. The molecule has 0 spiro atoms. The summed E-state index contributed by atoms with van der Waals surface area (Å²) < 4.78 is 0. The molecule has 0 radical (unpaired) electrons. The van der Waals surface area contributed by atoms with Crippen LogP contribution in [0, 0.1) is 4.91 Å². The molecule has 46 valence electrons. The van der Waals surface area contributed by atoms with Crippen molar-refractivity contribution in [2.45, 2.75) is 0 Å². The Morgan fingerprint density at radius 2 is 2.00 bits per heavy atom. The maximum Gasteiger partial charge on any atom is 1.00 e. The predicted molar refractivity (Wildman–Crippen MR) is 33.7 cm³/mol. The molecule has 0 aliphatic heterocycles. The standard InChI is InChI=1S/C5H5N3O.Na/c9-8-7-5-1-3-6-4-2-5;/h1-4H,(H,6,7,9);/q;+1. The first-order chi connectivity index (χ1) is 4.43. The van der Waals surface area contributed by atoms with E-state index in [1.165, 1.54) is 0 Å². The molecule has 1 N–H and O–H groups in total. The average Bonchev–Trinajstić information content (AvgIpc) is 1.91. The Bertz CT molecular complexity index is 191. The van der Waals surface area contributed by atoms with Crippen LogP contribution >= 0.6 is 0 Å². The van der Waals surface area contributed by atoms with E-state index in [9.17, 15) is 4.91 Å². The third kappa shape index (κ3) is 2.91. The fourth-order valence-electron chi connectivity index (χ4n) is 0.479. The molecule has 1 aromatic rings. The number of hydrogen-bond acceptors (Lipinski definition) is 3. The number of anilines is 1. The quantitative estimate of drug-likeness (QED) is 0.303. The van der Waals surface area contributed by atoms with Crippen LogP contribution in [0.3, 0.4) is 0 Å². The SMILES string of the molecule is O=NNc1ccncc1.[Na+]. The molecule has 0 saturated heterocycles. The Morgan fingerprint density at radius 3 is 2.50 bits per heavy atom. The topological polar surface area (TPSA) is 54.4 Å². The van der Waals surface area contributed by atoms with Crippen LogP contribution in [0.2, 0.25) is 0 Å². The second-order valence-corrected chi connectivity index (χ2v) is 1.44. The normalized spacial score (nSPS) is 7.60. The van der Waals surface area contributed by atoms with Gasteiger partial charge in [0.15, 0.2) is 0 Å². The first kappa shape index (κ1) is 9.55. The fourth-order valence-corrected chi connectivity index (χ4v) is 0.479. The van der Waals surface area contributed by atoms with Crippen molar-refractivity contribution in [1.82, 2.24) is 4.98 Å². The summed E-state index contributed by atoms with van der Waals surface area (Å²) in [5.74, 6) is 0. The zero-order chi connectivity index (χ0) is 6.53. The molecule has 0 unspecified atom stereocenters. The minimum atomic E-state index is 0. The minimum absolute atomic E-state index is 0. The summed E-state index contributed by atoms with van der Waals surface area (Å²) in [7, 11) is 0. The van der Waals surface area contributed by atoms with E-state index in [1.54, 1.807) is 24.5 Å². The summed E-state index contributed by atoms with van der Waals surface area (Å²) in [6.45, 7) is 0. The van der Waals surface area contributed by atoms with Gasteiger partial charge in [-0.05, 0) is 12.1 Å². The van der Waals surface area contributed by atoms with Crippen molar-refractivity contribution in [2.24, 2.45) is 5.29 Å². The van der Waals surface area contributed by atoms with E-state index in [2.05, 4.69) is 15.7 Å². The molecule has 1 rings (SSSR count). The van der Waals surface area contributed by atoms with Crippen molar-refractivity contribution in [3.05, 3.63) is 29.4 Å². The van der Waals surface area contributed by atoms with Crippen LogP contribution < -0.4 is 35.0 Å². The molecule has 0 aliphatic rings. The van der Waals surface area contributed by atoms with Gasteiger partial charge in [-0.25, -0.2) is 5.43 Å². The molecule has 0 bridgehead atoms. The largest absolute Gasteiger partial charge is 1.00 e. The summed E-state index contributed by atoms with van der Waals surface area (Å²) in [6.07, 6.45) is 3.15. The number of pyridine rings is 1. The van der Waals surface area contributed by atoms with E-state index in [0.29, 0.717) is 5.69 Å². The van der Waals surface area contributed by atoms with Crippen molar-refractivity contribution >= 4 is 5.69 Å². The molecule has 0 fully saturated rings. The molecule has 0 saturated carbocycles. The Kier molecular flexibility index (Phi) is 5.10. The maximum atomic E-state index is 9.59. The number of nitrogens with one attached hydrogen (secondary N) is 1. The van der Waals surface area contributed by atoms with Gasteiger partial charge < -0.3 is 0 Å². The Hall–Kier alpha value is -0.450. The summed E-state index contributed by atoms with van der Waals surface area (Å²) >= 11 is 0. The number of nitroso groups, excluding NO2 is 1. The Morgan fingerprint density at radius 1 is 1.40 bits per heavy atom. The van der Waals surface area contributed by atoms with Gasteiger partial charge in [-0.2, -0.15) is 0 Å². The molecule has 5 heteroatoms. The molecule has 0 aromatic carbocycles. The smallest absolute Gasteiger partial charge is 0.265 e. The molecule has 1 heterocycles. The van der Waals surface area contributed by atoms with Gasteiger partial charge in [0.05, 0.1) is 11.0 Å². The van der Waals surface area contributed by atoms with Crippen molar-refractivity contribution in [3.8, 4) is 0 Å². The van der Waals surface area contributed by atoms with Crippen LogP contribution in [0.25, 0.3) is 0 Å². The van der Waals surface area contributed by atoms with Crippen molar-refractivity contribution in [2.75, 3.05) is 5.43 Å². The van der Waals surface area contributed by atoms with Crippen LogP contribution in [0.15, 0.2) is 29.8 Å². The summed E-state index contributed by atoms with van der Waals surface area (Å²) in [5, 5.41) is 2.48. The molecule has 0 atom stereocenters. The van der Waals surface area contributed by atoms with Gasteiger partial charge in [0, 0.05) is 12.4 Å². The monoisotopic (exact) mass is 146 g/mol. The van der Waals surface area contributed by atoms with Crippen LogP contribution in [0.5, 0.6) is 0 Å². The van der Waals surface area contributed by atoms with E-state index in [1.807, 2.05) is 0 Å². The maximum absolute atomic E-state index is 9.59. The number of nitrogens with zero attached hydrogens (tertiary/aromatic N) is 2. The summed E-state index contributed by atoms with van der Waals surface area (Å²) in [5.41, 5.74) is 2.89. The zero-order valence-electron chi connectivity index (χ0n) is 5.61.